The number of hydrogen-bond donors (Lipinski definition) is 0. The van der Waals surface area contributed by atoms with Crippen LogP contribution in [0, 0.1) is 0 Å². The first kappa shape index (κ1) is 14.3. The summed E-state index contributed by atoms with van der Waals surface area (Å²) in [5.41, 5.74) is 0. The smallest absolute Gasteiger partial charge is 0.171 e. The highest BCUT2D eigenvalue weighted by Crippen LogP contribution is 2.43. The van der Waals surface area contributed by atoms with E-state index >= 15 is 0 Å². The Morgan fingerprint density at radius 1 is 0.857 bits per heavy atom. The van der Waals surface area contributed by atoms with E-state index in [1.165, 1.54) is 4.88 Å². The van der Waals surface area contributed by atoms with Gasteiger partial charge in [0.15, 0.2) is 7.14 Å². The maximum Gasteiger partial charge on any atom is 0.171 e. The molecule has 0 aliphatic rings. The Kier molecular flexibility index (Phi) is 4.10. The van der Waals surface area contributed by atoms with Crippen molar-refractivity contribution in [1.82, 2.24) is 0 Å². The van der Waals surface area contributed by atoms with E-state index in [9.17, 15) is 4.57 Å². The maximum absolute atomic E-state index is 14.0. The fraction of sp³-hybridized carbons (Fsp3) is 0.111. The van der Waals surface area contributed by atoms with E-state index < -0.39 is 7.14 Å². The molecular weight excluding hydrogens is 295 g/mol. The number of thiophene rings is 1. The standard InChI is InChI=1S/C18H17OPS/c1-2-18-13-17(14-21-18)20(19,15-9-5-3-6-10-15)16-11-7-4-8-12-16/h3-14H,2H2,1H3. The van der Waals surface area contributed by atoms with Gasteiger partial charge < -0.3 is 4.57 Å². The lowest BCUT2D eigenvalue weighted by molar-refractivity contribution is 0.592. The highest BCUT2D eigenvalue weighted by atomic mass is 32.1. The molecule has 0 saturated heterocycles. The summed E-state index contributed by atoms with van der Waals surface area (Å²) in [5.74, 6) is 0. The van der Waals surface area contributed by atoms with Crippen LogP contribution in [-0.2, 0) is 11.0 Å². The molecule has 0 spiro atoms. The minimum Gasteiger partial charge on any atom is -0.309 e. The topological polar surface area (TPSA) is 17.1 Å². The lowest BCUT2D eigenvalue weighted by atomic mass is 10.4. The van der Waals surface area contributed by atoms with Crippen molar-refractivity contribution in [3.8, 4) is 0 Å². The third-order valence-corrected chi connectivity index (χ3v) is 7.88. The van der Waals surface area contributed by atoms with Crippen LogP contribution in [0.2, 0.25) is 0 Å². The molecule has 0 amide bonds. The summed E-state index contributed by atoms with van der Waals surface area (Å²) < 4.78 is 14.0. The first-order chi connectivity index (χ1) is 10.2. The molecule has 0 aliphatic heterocycles. The van der Waals surface area contributed by atoms with E-state index in [0.717, 1.165) is 22.3 Å². The van der Waals surface area contributed by atoms with Crippen LogP contribution < -0.4 is 15.9 Å². The van der Waals surface area contributed by atoms with Crippen molar-refractivity contribution in [3.05, 3.63) is 77.0 Å². The molecule has 1 heterocycles. The third kappa shape index (κ3) is 2.62. The minimum absolute atomic E-state index is 0.900. The Labute approximate surface area is 129 Å². The second kappa shape index (κ2) is 6.01. The number of hydrogen-bond acceptors (Lipinski definition) is 2. The molecule has 2 aromatic carbocycles. The van der Waals surface area contributed by atoms with Crippen LogP contribution in [0.4, 0.5) is 0 Å². The van der Waals surface area contributed by atoms with Crippen LogP contribution in [0.25, 0.3) is 0 Å². The van der Waals surface area contributed by atoms with E-state index in [4.69, 9.17) is 0 Å². The zero-order valence-electron chi connectivity index (χ0n) is 11.9. The predicted octanol–water partition coefficient (Wildman–Crippen LogP) is 3.95. The average Bonchev–Trinajstić information content (AvgIpc) is 3.05. The summed E-state index contributed by atoms with van der Waals surface area (Å²) in [5, 5.41) is 4.80. The Hall–Kier alpha value is -1.63. The Balaban J connectivity index is 2.23. The average molecular weight is 312 g/mol. The molecule has 0 bridgehead atoms. The molecule has 21 heavy (non-hydrogen) atoms. The molecule has 1 nitrogen and oxygen atoms in total. The number of aryl methyl sites for hydroxylation is 1. The Morgan fingerprint density at radius 3 is 1.81 bits per heavy atom. The van der Waals surface area contributed by atoms with Crippen LogP contribution in [0.1, 0.15) is 11.8 Å². The van der Waals surface area contributed by atoms with Gasteiger partial charge in [-0.1, -0.05) is 67.6 Å². The fourth-order valence-electron chi connectivity index (χ4n) is 2.44. The van der Waals surface area contributed by atoms with E-state index in [2.05, 4.69) is 18.4 Å². The van der Waals surface area contributed by atoms with Crippen LogP contribution in [0.5, 0.6) is 0 Å². The normalized spacial score (nSPS) is 11.5. The maximum atomic E-state index is 14.0. The summed E-state index contributed by atoms with van der Waals surface area (Å²) in [6, 6.07) is 21.7. The van der Waals surface area contributed by atoms with Gasteiger partial charge in [0.2, 0.25) is 0 Å². The van der Waals surface area contributed by atoms with Crippen molar-refractivity contribution in [2.24, 2.45) is 0 Å². The minimum atomic E-state index is -2.76. The van der Waals surface area contributed by atoms with Gasteiger partial charge in [0.25, 0.3) is 0 Å². The second-order valence-electron chi connectivity index (χ2n) is 4.91. The molecule has 106 valence electrons. The largest absolute Gasteiger partial charge is 0.309 e. The molecule has 0 saturated carbocycles. The van der Waals surface area contributed by atoms with Crippen molar-refractivity contribution in [2.75, 3.05) is 0 Å². The van der Waals surface area contributed by atoms with Gasteiger partial charge in [-0.05, 0) is 12.5 Å². The van der Waals surface area contributed by atoms with Crippen LogP contribution in [0.15, 0.2) is 72.1 Å². The molecule has 3 rings (SSSR count). The SMILES string of the molecule is CCc1cc(P(=O)(c2ccccc2)c2ccccc2)cs1. The molecule has 3 aromatic rings. The lowest BCUT2D eigenvalue weighted by Crippen LogP contribution is -2.23. The zero-order valence-corrected chi connectivity index (χ0v) is 13.6. The van der Waals surface area contributed by atoms with Crippen molar-refractivity contribution < 1.29 is 4.57 Å². The van der Waals surface area contributed by atoms with Gasteiger partial charge in [0, 0.05) is 26.2 Å². The molecule has 0 unspecified atom stereocenters. The van der Waals surface area contributed by atoms with Gasteiger partial charge >= 0.3 is 0 Å². The third-order valence-electron chi connectivity index (χ3n) is 3.59. The molecular formula is C18H17OPS. The van der Waals surface area contributed by atoms with Crippen molar-refractivity contribution >= 4 is 34.4 Å². The predicted molar refractivity (Wildman–Crippen MR) is 93.1 cm³/mol. The summed E-state index contributed by atoms with van der Waals surface area (Å²) in [7, 11) is -2.76. The molecule has 0 atom stereocenters. The van der Waals surface area contributed by atoms with E-state index in [1.54, 1.807) is 11.3 Å². The summed E-state index contributed by atoms with van der Waals surface area (Å²) in [6.07, 6.45) is 0.980. The van der Waals surface area contributed by atoms with E-state index in [0.29, 0.717) is 0 Å². The van der Waals surface area contributed by atoms with E-state index in [-0.39, 0.29) is 0 Å². The van der Waals surface area contributed by atoms with Crippen LogP contribution in [-0.4, -0.2) is 0 Å². The van der Waals surface area contributed by atoms with Crippen LogP contribution in [0.3, 0.4) is 0 Å². The van der Waals surface area contributed by atoms with Crippen molar-refractivity contribution in [3.63, 3.8) is 0 Å². The molecule has 3 heteroatoms. The fourth-order valence-corrected chi connectivity index (χ4v) is 6.40. The summed E-state index contributed by atoms with van der Waals surface area (Å²) >= 11 is 1.69. The molecule has 0 fully saturated rings. The van der Waals surface area contributed by atoms with E-state index in [1.807, 2.05) is 60.7 Å². The molecule has 0 N–H and O–H groups in total. The van der Waals surface area contributed by atoms with Gasteiger partial charge in [-0.25, -0.2) is 0 Å². The monoisotopic (exact) mass is 312 g/mol. The summed E-state index contributed by atoms with van der Waals surface area (Å²) in [4.78, 5) is 1.28. The quantitative estimate of drug-likeness (QED) is 0.667. The van der Waals surface area contributed by atoms with Gasteiger partial charge in [0.1, 0.15) is 0 Å². The highest BCUT2D eigenvalue weighted by molar-refractivity contribution is 7.85. The van der Waals surface area contributed by atoms with Gasteiger partial charge in [-0.15, -0.1) is 11.3 Å². The molecule has 1 aromatic heterocycles. The second-order valence-corrected chi connectivity index (χ2v) is 8.67. The first-order valence-corrected chi connectivity index (χ1v) is 9.63. The molecule has 0 radical (unpaired) electrons. The lowest BCUT2D eigenvalue weighted by Gasteiger charge is -2.18. The van der Waals surface area contributed by atoms with Gasteiger partial charge in [-0.3, -0.25) is 0 Å². The first-order valence-electron chi connectivity index (χ1n) is 7.04. The Bertz CT molecular complexity index is 719. The van der Waals surface area contributed by atoms with Crippen molar-refractivity contribution in [2.45, 2.75) is 13.3 Å². The van der Waals surface area contributed by atoms with Gasteiger partial charge in [-0.2, -0.15) is 0 Å². The zero-order chi connectivity index (χ0) is 14.7. The number of benzene rings is 2. The number of rotatable bonds is 4. The van der Waals surface area contributed by atoms with Crippen molar-refractivity contribution in [1.29, 1.82) is 0 Å². The molecule has 0 aliphatic carbocycles. The van der Waals surface area contributed by atoms with Crippen LogP contribution >= 0.6 is 18.5 Å². The summed E-state index contributed by atoms with van der Waals surface area (Å²) in [6.45, 7) is 2.13. The Morgan fingerprint density at radius 2 is 1.38 bits per heavy atom. The van der Waals surface area contributed by atoms with Gasteiger partial charge in [0.05, 0.1) is 0 Å². The highest BCUT2D eigenvalue weighted by Gasteiger charge is 2.30.